The second kappa shape index (κ2) is 11.4. The van der Waals surface area contributed by atoms with Crippen LogP contribution >= 0.6 is 0 Å². The number of benzene rings is 1. The Balaban J connectivity index is 0.00000158. The zero-order valence-electron chi connectivity index (χ0n) is 23.0. The molecule has 1 amide bonds. The van der Waals surface area contributed by atoms with Crippen LogP contribution in [0.3, 0.4) is 0 Å². The van der Waals surface area contributed by atoms with Crippen molar-refractivity contribution in [2.75, 3.05) is 36.8 Å². The first kappa shape index (κ1) is 27.3. The lowest BCUT2D eigenvalue weighted by Gasteiger charge is -2.47. The van der Waals surface area contributed by atoms with Crippen molar-refractivity contribution >= 4 is 29.0 Å². The molecule has 12 heteroatoms. The lowest BCUT2D eigenvalue weighted by atomic mass is 9.86. The largest absolute Gasteiger partial charge is 0.364 e. The summed E-state index contributed by atoms with van der Waals surface area (Å²) in [6.07, 6.45) is 4.98. The van der Waals surface area contributed by atoms with Crippen LogP contribution in [0.1, 0.15) is 69.2 Å². The van der Waals surface area contributed by atoms with Gasteiger partial charge in [-0.3, -0.25) is 9.69 Å². The lowest BCUT2D eigenvalue weighted by Crippen LogP contribution is -2.61. The number of hydrogen-bond acceptors (Lipinski definition) is 9. The Morgan fingerprint density at radius 2 is 1.82 bits per heavy atom. The number of nitrogens with one attached hydrogen (secondary N) is 2. The molecule has 2 aromatic heterocycles. The van der Waals surface area contributed by atoms with E-state index < -0.39 is 5.82 Å². The molecule has 11 nitrogen and oxygen atoms in total. The molecule has 0 atom stereocenters. The third-order valence-corrected chi connectivity index (χ3v) is 7.66. The number of anilines is 3. The Bertz CT molecular complexity index is 1490. The molecule has 1 saturated carbocycles. The number of fused-ring (bicyclic) bond motifs is 1. The van der Waals surface area contributed by atoms with Gasteiger partial charge < -0.3 is 15.5 Å². The Labute approximate surface area is 232 Å². The van der Waals surface area contributed by atoms with Crippen LogP contribution in [-0.4, -0.2) is 73.6 Å². The highest BCUT2D eigenvalue weighted by molar-refractivity contribution is 5.74. The predicted octanol–water partition coefficient (Wildman–Crippen LogP) is 3.76. The molecular weight excluding hydrogens is 511 g/mol. The molecule has 208 valence electrons. The van der Waals surface area contributed by atoms with Gasteiger partial charge in [0.05, 0.1) is 23.5 Å². The molecule has 3 aliphatic rings. The number of carbonyl (C=O) groups is 1. The molecule has 3 aromatic rings. The van der Waals surface area contributed by atoms with Gasteiger partial charge in [0, 0.05) is 32.1 Å². The first-order valence-corrected chi connectivity index (χ1v) is 13.9. The number of aromatic nitrogens is 4. The number of piperidine rings is 1. The minimum atomic E-state index is -0.430. The highest BCUT2D eigenvalue weighted by atomic mass is 19.1. The Morgan fingerprint density at radius 1 is 1.10 bits per heavy atom. The van der Waals surface area contributed by atoms with E-state index in [4.69, 9.17) is 0 Å². The van der Waals surface area contributed by atoms with Crippen LogP contribution in [0.25, 0.3) is 5.65 Å². The number of rotatable bonds is 6. The molecule has 40 heavy (non-hydrogen) atoms. The van der Waals surface area contributed by atoms with Crippen molar-refractivity contribution in [3.05, 3.63) is 41.0 Å². The number of likely N-dealkylation sites (tertiary alicyclic amines) is 2. The molecule has 1 aliphatic carbocycles. The van der Waals surface area contributed by atoms with Crippen LogP contribution in [0.5, 0.6) is 0 Å². The van der Waals surface area contributed by atoms with Gasteiger partial charge in [-0.05, 0) is 62.4 Å². The molecule has 2 aliphatic heterocycles. The normalized spacial score (nSPS) is 17.8. The van der Waals surface area contributed by atoms with Crippen molar-refractivity contribution in [1.29, 1.82) is 10.5 Å². The Hall–Kier alpha value is -4.29. The zero-order valence-corrected chi connectivity index (χ0v) is 23.0. The minimum Gasteiger partial charge on any atom is -0.364 e. The summed E-state index contributed by atoms with van der Waals surface area (Å²) < 4.78 is 17.3. The maximum Gasteiger partial charge on any atom is 0.247 e. The van der Waals surface area contributed by atoms with Gasteiger partial charge in [-0.25, -0.2) is 9.37 Å². The van der Waals surface area contributed by atoms with Gasteiger partial charge in [-0.1, -0.05) is 13.8 Å². The molecule has 2 saturated heterocycles. The number of amides is 1. The number of nitrogens with zero attached hydrogens (tertiary/aromatic N) is 8. The molecule has 3 fully saturated rings. The molecule has 0 unspecified atom stereocenters. The van der Waals surface area contributed by atoms with Gasteiger partial charge in [-0.2, -0.15) is 20.0 Å². The van der Waals surface area contributed by atoms with E-state index in [0.29, 0.717) is 28.6 Å². The van der Waals surface area contributed by atoms with Crippen molar-refractivity contribution in [1.82, 2.24) is 29.4 Å². The Kier molecular flexibility index (Phi) is 7.81. The van der Waals surface area contributed by atoms with Gasteiger partial charge in [0.1, 0.15) is 11.9 Å². The summed E-state index contributed by atoms with van der Waals surface area (Å²) in [5.41, 5.74) is 1.63. The van der Waals surface area contributed by atoms with E-state index in [1.807, 2.05) is 18.7 Å². The fourth-order valence-corrected chi connectivity index (χ4v) is 5.27. The van der Waals surface area contributed by atoms with Gasteiger partial charge >= 0.3 is 0 Å². The monoisotopic (exact) mass is 544 g/mol. The summed E-state index contributed by atoms with van der Waals surface area (Å²) in [7, 11) is 0. The summed E-state index contributed by atoms with van der Waals surface area (Å²) in [6.45, 7) is 8.71. The average Bonchev–Trinajstić information content (AvgIpc) is 3.66. The topological polar surface area (TPSA) is 138 Å². The maximum absolute atomic E-state index is 15.9. The highest BCUT2D eigenvalue weighted by Gasteiger charge is 2.36. The van der Waals surface area contributed by atoms with Gasteiger partial charge in [0.25, 0.3) is 0 Å². The summed E-state index contributed by atoms with van der Waals surface area (Å²) >= 11 is 0. The average molecular weight is 545 g/mol. The van der Waals surface area contributed by atoms with E-state index >= 15 is 4.39 Å². The van der Waals surface area contributed by atoms with Crippen LogP contribution in [-0.2, 0) is 4.79 Å². The van der Waals surface area contributed by atoms with E-state index in [1.165, 1.54) is 16.8 Å². The molecular formula is C28H33FN10O. The van der Waals surface area contributed by atoms with Crippen molar-refractivity contribution in [3.8, 4) is 12.1 Å². The summed E-state index contributed by atoms with van der Waals surface area (Å²) in [5, 5.41) is 29.8. The standard InChI is InChI=1S/C26H27FN10O.C2H6/c1-15(38)36-13-20(14-36)35-6-4-17(5-7-35)21-8-16(10-28)9-22(23(21)27)32-26-33-24(31-18-2-3-18)25-30-12-19(11-29)37(25)34-26;1-2/h8-9,12,17-18,20H,2-7,13-14H2,1H3,(H2,31,32,33,34);1-2H3. The van der Waals surface area contributed by atoms with Crippen LogP contribution in [0, 0.1) is 28.5 Å². The van der Waals surface area contributed by atoms with Crippen molar-refractivity contribution in [2.45, 2.75) is 64.5 Å². The van der Waals surface area contributed by atoms with Gasteiger partial charge in [0.15, 0.2) is 17.2 Å². The summed E-state index contributed by atoms with van der Waals surface area (Å²) in [4.78, 5) is 24.5. The number of hydrogen-bond donors (Lipinski definition) is 2. The molecule has 0 spiro atoms. The van der Waals surface area contributed by atoms with E-state index in [1.54, 1.807) is 13.0 Å². The van der Waals surface area contributed by atoms with Crippen LogP contribution in [0.4, 0.5) is 21.8 Å². The predicted molar refractivity (Wildman–Crippen MR) is 147 cm³/mol. The minimum absolute atomic E-state index is 0.0292. The first-order valence-electron chi connectivity index (χ1n) is 13.9. The molecule has 1 aromatic carbocycles. The lowest BCUT2D eigenvalue weighted by molar-refractivity contribution is -0.136. The molecule has 2 N–H and O–H groups in total. The second-order valence-corrected chi connectivity index (χ2v) is 10.2. The molecule has 0 bridgehead atoms. The van der Waals surface area contributed by atoms with E-state index in [-0.39, 0.29) is 35.2 Å². The maximum atomic E-state index is 15.9. The highest BCUT2D eigenvalue weighted by Crippen LogP contribution is 2.36. The van der Waals surface area contributed by atoms with Gasteiger partial charge in [-0.15, -0.1) is 5.10 Å². The van der Waals surface area contributed by atoms with E-state index in [2.05, 4.69) is 42.7 Å². The summed E-state index contributed by atoms with van der Waals surface area (Å²) in [6, 6.07) is 7.94. The van der Waals surface area contributed by atoms with Crippen molar-refractivity contribution in [3.63, 3.8) is 0 Å². The molecule has 0 radical (unpaired) electrons. The third-order valence-electron chi connectivity index (χ3n) is 7.66. The van der Waals surface area contributed by atoms with Crippen LogP contribution in [0.15, 0.2) is 18.3 Å². The number of carbonyl (C=O) groups excluding carboxylic acids is 1. The Morgan fingerprint density at radius 3 is 2.45 bits per heavy atom. The fourth-order valence-electron chi connectivity index (χ4n) is 5.27. The van der Waals surface area contributed by atoms with Crippen LogP contribution in [0.2, 0.25) is 0 Å². The van der Waals surface area contributed by atoms with Crippen LogP contribution < -0.4 is 10.6 Å². The summed E-state index contributed by atoms with van der Waals surface area (Å²) in [5.74, 6) is 0.209. The van der Waals surface area contributed by atoms with E-state index in [0.717, 1.165) is 51.9 Å². The van der Waals surface area contributed by atoms with E-state index in [9.17, 15) is 15.3 Å². The molecule has 6 rings (SSSR count). The second-order valence-electron chi connectivity index (χ2n) is 10.2. The van der Waals surface area contributed by atoms with Crippen molar-refractivity contribution < 1.29 is 9.18 Å². The quantitative estimate of drug-likeness (QED) is 0.475. The number of halogens is 1. The van der Waals surface area contributed by atoms with Crippen molar-refractivity contribution in [2.24, 2.45) is 0 Å². The number of imidazole rings is 1. The zero-order chi connectivity index (χ0) is 28.4. The first-order chi connectivity index (χ1) is 19.4. The third kappa shape index (κ3) is 5.40. The SMILES string of the molecule is CC.CC(=O)N1CC(N2CCC(c3cc(C#N)cc(Nc4nc(NC5CC5)c5ncc(C#N)n5n4)c3F)CC2)C1. The smallest absolute Gasteiger partial charge is 0.247 e. The van der Waals surface area contributed by atoms with Gasteiger partial charge in [0.2, 0.25) is 11.9 Å². The fraction of sp³-hybridized carbons (Fsp3) is 0.500. The molecule has 4 heterocycles. The number of nitriles is 2.